The van der Waals surface area contributed by atoms with E-state index in [1.165, 1.54) is 0 Å². The van der Waals surface area contributed by atoms with Gasteiger partial charge in [-0.25, -0.2) is 0 Å². The third-order valence-corrected chi connectivity index (χ3v) is 1.57. The van der Waals surface area contributed by atoms with Crippen molar-refractivity contribution in [3.63, 3.8) is 0 Å². The van der Waals surface area contributed by atoms with Gasteiger partial charge in [-0.2, -0.15) is 0 Å². The molecule has 0 saturated carbocycles. The van der Waals surface area contributed by atoms with Crippen LogP contribution in [0.4, 0.5) is 0 Å². The molecule has 0 aliphatic carbocycles. The van der Waals surface area contributed by atoms with Crippen molar-refractivity contribution in [3.8, 4) is 0 Å². The molecule has 1 amide bonds. The topological polar surface area (TPSA) is 29.1 Å². The van der Waals surface area contributed by atoms with Gasteiger partial charge in [0, 0.05) is 12.1 Å². The Morgan fingerprint density at radius 3 is 2.46 bits per heavy atom. The first-order chi connectivity index (χ1) is 5.84. The normalized spacial score (nSPS) is 8.69. The number of rotatable bonds is 3. The minimum absolute atomic E-state index is 0. The molecule has 1 aromatic carbocycles. The fourth-order valence-corrected chi connectivity index (χ4v) is 0.930. The summed E-state index contributed by atoms with van der Waals surface area (Å²) in [5.41, 5.74) is 0.728. The summed E-state index contributed by atoms with van der Waals surface area (Å²) in [7, 11) is 0. The monoisotopic (exact) mass is 186 g/mol. The molecule has 1 rings (SSSR count). The van der Waals surface area contributed by atoms with Crippen LogP contribution in [-0.2, 0) is 0 Å². The summed E-state index contributed by atoms with van der Waals surface area (Å²) in [6, 6.07) is 9.24. The van der Waals surface area contributed by atoms with Crippen LogP contribution in [0.5, 0.6) is 0 Å². The van der Waals surface area contributed by atoms with Gasteiger partial charge in [0.15, 0.2) is 0 Å². The van der Waals surface area contributed by atoms with Crippen LogP contribution >= 0.6 is 0 Å². The zero-order valence-electron chi connectivity index (χ0n) is 8.21. The largest absolute Gasteiger partial charge is 1.00 e. The van der Waals surface area contributed by atoms with Crippen LogP contribution in [0.15, 0.2) is 30.3 Å². The molecule has 1 N–H and O–H groups in total. The minimum atomic E-state index is 0. The van der Waals surface area contributed by atoms with E-state index in [1.54, 1.807) is 0 Å². The maximum Gasteiger partial charge on any atom is 1.00 e. The maximum absolute atomic E-state index is 11.3. The molecule has 0 radical (unpaired) electrons. The second-order valence-electron chi connectivity index (χ2n) is 2.62. The zero-order chi connectivity index (χ0) is 8.81. The van der Waals surface area contributed by atoms with E-state index in [9.17, 15) is 4.79 Å². The molecule has 0 bridgehead atoms. The number of hydrogen-bond donors (Lipinski definition) is 1. The number of carbonyl (C=O) groups is 1. The average molecular weight is 186 g/mol. The van der Waals surface area contributed by atoms with Crippen molar-refractivity contribution in [3.05, 3.63) is 35.9 Å². The molecule has 64 valence electrons. The van der Waals surface area contributed by atoms with Gasteiger partial charge in [0.05, 0.1) is 0 Å². The molecular formula is C10H13NNaO+. The Bertz CT molecular complexity index is 248. The predicted molar refractivity (Wildman–Crippen MR) is 49.1 cm³/mol. The smallest absolute Gasteiger partial charge is 0.352 e. The third kappa shape index (κ3) is 4.46. The molecule has 0 fully saturated rings. The van der Waals surface area contributed by atoms with Crippen LogP contribution in [0.25, 0.3) is 0 Å². The van der Waals surface area contributed by atoms with Crippen molar-refractivity contribution in [2.45, 2.75) is 13.3 Å². The van der Waals surface area contributed by atoms with Gasteiger partial charge in [-0.3, -0.25) is 4.79 Å². The Balaban J connectivity index is 0.00000144. The summed E-state index contributed by atoms with van der Waals surface area (Å²) < 4.78 is 0. The Morgan fingerprint density at radius 2 is 1.92 bits per heavy atom. The van der Waals surface area contributed by atoms with Crippen LogP contribution in [0.3, 0.4) is 0 Å². The van der Waals surface area contributed by atoms with Crippen molar-refractivity contribution in [1.82, 2.24) is 5.32 Å². The van der Waals surface area contributed by atoms with Crippen molar-refractivity contribution >= 4 is 5.91 Å². The summed E-state index contributed by atoms with van der Waals surface area (Å²) >= 11 is 0. The van der Waals surface area contributed by atoms with E-state index >= 15 is 0 Å². The van der Waals surface area contributed by atoms with Crippen LogP contribution in [0, 0.1) is 0 Å². The average Bonchev–Trinajstić information content (AvgIpc) is 2.15. The van der Waals surface area contributed by atoms with E-state index < -0.39 is 0 Å². The van der Waals surface area contributed by atoms with Gasteiger partial charge >= 0.3 is 29.6 Å². The van der Waals surface area contributed by atoms with Gasteiger partial charge in [0.25, 0.3) is 5.91 Å². The molecule has 3 heteroatoms. The van der Waals surface area contributed by atoms with E-state index in [2.05, 4.69) is 5.32 Å². The molecule has 0 aliphatic rings. The standard InChI is InChI=1S/C10H13NO.Na/c1-2-8-11-10(12)9-6-4-3-5-7-9;/h3-7H,2,8H2,1H3,(H,11,12);/q;+1. The number of hydrogen-bond acceptors (Lipinski definition) is 1. The van der Waals surface area contributed by atoms with E-state index in [0.717, 1.165) is 18.5 Å². The number of carbonyl (C=O) groups excluding carboxylic acids is 1. The van der Waals surface area contributed by atoms with Crippen molar-refractivity contribution < 1.29 is 34.4 Å². The molecule has 0 atom stereocenters. The SMILES string of the molecule is CCCNC(=O)c1ccccc1.[Na+]. The number of amides is 1. The minimum Gasteiger partial charge on any atom is -0.352 e. The Kier molecular flexibility index (Phi) is 6.96. The number of benzene rings is 1. The zero-order valence-corrected chi connectivity index (χ0v) is 10.2. The first-order valence-corrected chi connectivity index (χ1v) is 4.18. The second kappa shape index (κ2) is 7.13. The quantitative estimate of drug-likeness (QED) is 0.592. The van der Waals surface area contributed by atoms with Gasteiger partial charge in [0.1, 0.15) is 0 Å². The van der Waals surface area contributed by atoms with E-state index in [0.29, 0.717) is 0 Å². The van der Waals surface area contributed by atoms with E-state index in [-0.39, 0.29) is 35.5 Å². The summed E-state index contributed by atoms with van der Waals surface area (Å²) in [6.07, 6.45) is 0.971. The molecule has 0 aliphatic heterocycles. The van der Waals surface area contributed by atoms with Crippen molar-refractivity contribution in [1.29, 1.82) is 0 Å². The molecule has 0 aromatic heterocycles. The Hall–Kier alpha value is -0.310. The fraction of sp³-hybridized carbons (Fsp3) is 0.300. The Morgan fingerprint density at radius 1 is 1.31 bits per heavy atom. The van der Waals surface area contributed by atoms with E-state index in [1.807, 2.05) is 37.3 Å². The second-order valence-corrected chi connectivity index (χ2v) is 2.62. The third-order valence-electron chi connectivity index (χ3n) is 1.57. The summed E-state index contributed by atoms with van der Waals surface area (Å²) in [4.78, 5) is 11.3. The van der Waals surface area contributed by atoms with Crippen LogP contribution < -0.4 is 34.9 Å². The van der Waals surface area contributed by atoms with Crippen LogP contribution in [-0.4, -0.2) is 12.5 Å². The first kappa shape index (κ1) is 12.7. The van der Waals surface area contributed by atoms with Gasteiger partial charge in [-0.1, -0.05) is 25.1 Å². The van der Waals surface area contributed by atoms with Gasteiger partial charge < -0.3 is 5.32 Å². The molecule has 0 saturated heterocycles. The summed E-state index contributed by atoms with van der Waals surface area (Å²) in [5, 5.41) is 2.81. The van der Waals surface area contributed by atoms with Crippen LogP contribution in [0.1, 0.15) is 23.7 Å². The molecule has 0 spiro atoms. The Labute approximate surface area is 101 Å². The van der Waals surface area contributed by atoms with Crippen LogP contribution in [0.2, 0.25) is 0 Å². The first-order valence-electron chi connectivity index (χ1n) is 4.18. The molecule has 1 aromatic rings. The molecular weight excluding hydrogens is 173 g/mol. The molecule has 13 heavy (non-hydrogen) atoms. The van der Waals surface area contributed by atoms with Gasteiger partial charge in [0.2, 0.25) is 0 Å². The summed E-state index contributed by atoms with van der Waals surface area (Å²) in [6.45, 7) is 2.78. The molecule has 2 nitrogen and oxygen atoms in total. The maximum atomic E-state index is 11.3. The van der Waals surface area contributed by atoms with Crippen molar-refractivity contribution in [2.75, 3.05) is 6.54 Å². The van der Waals surface area contributed by atoms with Gasteiger partial charge in [-0.05, 0) is 18.6 Å². The van der Waals surface area contributed by atoms with Crippen molar-refractivity contribution in [2.24, 2.45) is 0 Å². The van der Waals surface area contributed by atoms with E-state index in [4.69, 9.17) is 0 Å². The summed E-state index contributed by atoms with van der Waals surface area (Å²) in [5.74, 6) is 0.0115. The fourth-order valence-electron chi connectivity index (χ4n) is 0.930. The molecule has 0 heterocycles. The predicted octanol–water partition coefficient (Wildman–Crippen LogP) is -1.17. The number of nitrogens with one attached hydrogen (secondary N) is 1. The molecule has 0 unspecified atom stereocenters. The van der Waals surface area contributed by atoms with Gasteiger partial charge in [-0.15, -0.1) is 0 Å².